The van der Waals surface area contributed by atoms with Crippen LogP contribution in [0.15, 0.2) is 78.9 Å². The van der Waals surface area contributed by atoms with Crippen LogP contribution in [0.2, 0.25) is 0 Å². The fourth-order valence-corrected chi connectivity index (χ4v) is 4.88. The van der Waals surface area contributed by atoms with Crippen molar-refractivity contribution in [1.82, 2.24) is 15.2 Å². The summed E-state index contributed by atoms with van der Waals surface area (Å²) >= 11 is 1.52. The van der Waals surface area contributed by atoms with Crippen molar-refractivity contribution in [2.45, 2.75) is 20.3 Å². The van der Waals surface area contributed by atoms with Crippen LogP contribution in [-0.2, 0) is 11.2 Å². The minimum absolute atomic E-state index is 0.246. The lowest BCUT2D eigenvalue weighted by atomic mass is 9.95. The van der Waals surface area contributed by atoms with Crippen LogP contribution < -0.4 is 5.32 Å². The number of esters is 1. The monoisotopic (exact) mass is 480 g/mol. The van der Waals surface area contributed by atoms with E-state index in [1.807, 2.05) is 66.7 Å². The lowest BCUT2D eigenvalue weighted by Gasteiger charge is -2.16. The summed E-state index contributed by atoms with van der Waals surface area (Å²) in [7, 11) is 0. The second-order valence-corrected chi connectivity index (χ2v) is 8.93. The number of aromatic nitrogens is 3. The van der Waals surface area contributed by atoms with E-state index in [4.69, 9.17) is 9.72 Å². The molecule has 0 atom stereocenters. The normalized spacial score (nSPS) is 10.9. The Morgan fingerprint density at radius 1 is 0.914 bits per heavy atom. The minimum atomic E-state index is -0.463. The van der Waals surface area contributed by atoms with Crippen LogP contribution in [0.1, 0.15) is 29.8 Å². The van der Waals surface area contributed by atoms with Gasteiger partial charge in [0.25, 0.3) is 0 Å². The summed E-state index contributed by atoms with van der Waals surface area (Å²) in [4.78, 5) is 18.0. The van der Waals surface area contributed by atoms with Gasteiger partial charge in [-0.2, -0.15) is 0 Å². The largest absolute Gasteiger partial charge is 0.462 e. The highest BCUT2D eigenvalue weighted by Crippen LogP contribution is 2.38. The van der Waals surface area contributed by atoms with E-state index < -0.39 is 5.97 Å². The average Bonchev–Trinajstić information content (AvgIpc) is 3.31. The van der Waals surface area contributed by atoms with Crippen molar-refractivity contribution in [1.29, 1.82) is 0 Å². The second kappa shape index (κ2) is 10.0. The number of thiazole rings is 1. The van der Waals surface area contributed by atoms with E-state index >= 15 is 0 Å². The van der Waals surface area contributed by atoms with Crippen LogP contribution in [-0.4, -0.2) is 27.8 Å². The Kier molecular flexibility index (Phi) is 6.50. The Labute approximate surface area is 207 Å². The summed E-state index contributed by atoms with van der Waals surface area (Å²) in [6.07, 6.45) is 0.955. The number of ether oxygens (including phenoxy) is 1. The number of carbonyl (C=O) groups excluding carboxylic acids is 1. The van der Waals surface area contributed by atoms with E-state index in [2.05, 4.69) is 34.6 Å². The summed E-state index contributed by atoms with van der Waals surface area (Å²) in [5.41, 5.74) is 5.47. The number of rotatable bonds is 7. The van der Waals surface area contributed by atoms with Gasteiger partial charge in [-0.15, -0.1) is 10.2 Å². The van der Waals surface area contributed by atoms with Gasteiger partial charge in [0.2, 0.25) is 0 Å². The maximum atomic E-state index is 13.3. The standard InChI is InChI=1S/C28H24N4O2S/c1-3-18-15-16-21-22(17-18)35-28(29-21)30-26-24(27(33)34-4-2)23(19-11-7-5-8-12-19)25(31-32-26)20-13-9-6-10-14-20/h5-17H,3-4H2,1-2H3,(H,29,30,32). The average molecular weight is 481 g/mol. The molecule has 1 N–H and O–H groups in total. The Morgan fingerprint density at radius 3 is 2.31 bits per heavy atom. The number of hydrogen-bond acceptors (Lipinski definition) is 7. The maximum Gasteiger partial charge on any atom is 0.342 e. The molecule has 0 aliphatic heterocycles. The predicted molar refractivity (Wildman–Crippen MR) is 141 cm³/mol. The second-order valence-electron chi connectivity index (χ2n) is 7.90. The van der Waals surface area contributed by atoms with E-state index in [0.717, 1.165) is 27.8 Å². The Morgan fingerprint density at radius 2 is 1.63 bits per heavy atom. The van der Waals surface area contributed by atoms with Crippen molar-refractivity contribution in [3.8, 4) is 22.4 Å². The number of fused-ring (bicyclic) bond motifs is 1. The number of carbonyl (C=O) groups is 1. The van der Waals surface area contributed by atoms with E-state index in [1.54, 1.807) is 6.92 Å². The van der Waals surface area contributed by atoms with Gasteiger partial charge in [-0.05, 0) is 36.6 Å². The molecular formula is C28H24N4O2S. The number of nitrogens with one attached hydrogen (secondary N) is 1. The van der Waals surface area contributed by atoms with Gasteiger partial charge < -0.3 is 10.1 Å². The summed E-state index contributed by atoms with van der Waals surface area (Å²) in [5.74, 6) is -0.146. The highest BCUT2D eigenvalue weighted by Gasteiger charge is 2.26. The molecule has 6 nitrogen and oxygen atoms in total. The van der Waals surface area contributed by atoms with E-state index in [-0.39, 0.29) is 6.61 Å². The molecular weight excluding hydrogens is 456 g/mol. The van der Waals surface area contributed by atoms with E-state index in [1.165, 1.54) is 16.9 Å². The lowest BCUT2D eigenvalue weighted by Crippen LogP contribution is -2.13. The van der Waals surface area contributed by atoms with E-state index in [9.17, 15) is 4.79 Å². The van der Waals surface area contributed by atoms with Gasteiger partial charge in [0.15, 0.2) is 10.9 Å². The third-order valence-corrected chi connectivity index (χ3v) is 6.58. The molecule has 0 radical (unpaired) electrons. The molecule has 0 amide bonds. The molecule has 0 saturated heterocycles. The van der Waals surface area contributed by atoms with Gasteiger partial charge in [0, 0.05) is 11.1 Å². The third-order valence-electron chi connectivity index (χ3n) is 5.65. The summed E-state index contributed by atoms with van der Waals surface area (Å²) < 4.78 is 6.56. The lowest BCUT2D eigenvalue weighted by molar-refractivity contribution is 0.0528. The molecule has 7 heteroatoms. The molecule has 5 aromatic rings. The Bertz CT molecular complexity index is 1480. The van der Waals surface area contributed by atoms with Crippen molar-refractivity contribution in [2.24, 2.45) is 0 Å². The van der Waals surface area contributed by atoms with E-state index in [0.29, 0.717) is 27.8 Å². The van der Waals surface area contributed by atoms with Gasteiger partial charge in [0.1, 0.15) is 11.3 Å². The van der Waals surface area contributed by atoms with Crippen LogP contribution in [0.5, 0.6) is 0 Å². The smallest absolute Gasteiger partial charge is 0.342 e. The molecule has 0 aliphatic carbocycles. The summed E-state index contributed by atoms with van der Waals surface area (Å²) in [5, 5.41) is 12.9. The van der Waals surface area contributed by atoms with Gasteiger partial charge >= 0.3 is 5.97 Å². The minimum Gasteiger partial charge on any atom is -0.462 e. The molecule has 174 valence electrons. The molecule has 0 spiro atoms. The fraction of sp³-hybridized carbons (Fsp3) is 0.143. The summed E-state index contributed by atoms with van der Waals surface area (Å²) in [6, 6.07) is 25.7. The molecule has 35 heavy (non-hydrogen) atoms. The van der Waals surface area contributed by atoms with Gasteiger partial charge in [-0.1, -0.05) is 85.0 Å². The Hall–Kier alpha value is -4.10. The van der Waals surface area contributed by atoms with Crippen molar-refractivity contribution >= 4 is 38.5 Å². The van der Waals surface area contributed by atoms with Gasteiger partial charge in [-0.3, -0.25) is 0 Å². The molecule has 0 bridgehead atoms. The highest BCUT2D eigenvalue weighted by molar-refractivity contribution is 7.22. The zero-order valence-corrected chi connectivity index (χ0v) is 20.3. The maximum absolute atomic E-state index is 13.3. The van der Waals surface area contributed by atoms with Crippen molar-refractivity contribution in [2.75, 3.05) is 11.9 Å². The predicted octanol–water partition coefficient (Wildman–Crippen LogP) is 6.90. The zero-order chi connectivity index (χ0) is 24.2. The number of hydrogen-bond donors (Lipinski definition) is 1. The molecule has 5 rings (SSSR count). The zero-order valence-electron chi connectivity index (χ0n) is 19.5. The van der Waals surface area contributed by atoms with Gasteiger partial charge in [0.05, 0.1) is 16.8 Å². The SMILES string of the molecule is CCOC(=O)c1c(Nc2nc3ccc(CC)cc3s2)nnc(-c2ccccc2)c1-c1ccccc1. The first kappa shape index (κ1) is 22.7. The van der Waals surface area contributed by atoms with Gasteiger partial charge in [-0.25, -0.2) is 9.78 Å². The number of nitrogens with zero attached hydrogens (tertiary/aromatic N) is 3. The highest BCUT2D eigenvalue weighted by atomic mass is 32.1. The molecule has 2 heterocycles. The van der Waals surface area contributed by atoms with Crippen LogP contribution in [0, 0.1) is 0 Å². The molecule has 2 aromatic heterocycles. The van der Waals surface area contributed by atoms with Crippen LogP contribution in [0.3, 0.4) is 0 Å². The fourth-order valence-electron chi connectivity index (χ4n) is 3.95. The topological polar surface area (TPSA) is 77.0 Å². The summed E-state index contributed by atoms with van der Waals surface area (Å²) in [6.45, 7) is 4.16. The third kappa shape index (κ3) is 4.63. The first-order valence-electron chi connectivity index (χ1n) is 11.5. The molecule has 3 aromatic carbocycles. The van der Waals surface area contributed by atoms with Crippen molar-refractivity contribution in [3.63, 3.8) is 0 Å². The van der Waals surface area contributed by atoms with Crippen molar-refractivity contribution in [3.05, 3.63) is 90.0 Å². The van der Waals surface area contributed by atoms with Crippen LogP contribution in [0.4, 0.5) is 10.9 Å². The molecule has 0 saturated carbocycles. The first-order chi connectivity index (χ1) is 17.2. The van der Waals surface area contributed by atoms with Crippen LogP contribution >= 0.6 is 11.3 Å². The molecule has 0 fully saturated rings. The number of anilines is 2. The molecule has 0 unspecified atom stereocenters. The molecule has 0 aliphatic rings. The first-order valence-corrected chi connectivity index (χ1v) is 12.3. The quantitative estimate of drug-likeness (QED) is 0.255. The van der Waals surface area contributed by atoms with Crippen molar-refractivity contribution < 1.29 is 9.53 Å². The number of aryl methyl sites for hydroxylation is 1. The van der Waals surface area contributed by atoms with Crippen LogP contribution in [0.25, 0.3) is 32.6 Å². The number of benzene rings is 3. The Balaban J connectivity index is 1.70.